The molecule has 0 nitrogen and oxygen atoms in total. The molecule has 2 aliphatic rings. The predicted octanol–water partition coefficient (Wildman–Crippen LogP) is 3.71. The van der Waals surface area contributed by atoms with E-state index in [1.165, 1.54) is 38.5 Å². The highest BCUT2D eigenvalue weighted by Gasteiger charge is 2.38. The molecular formula is C13H19B. The fourth-order valence-electron chi connectivity index (χ4n) is 3.12. The van der Waals surface area contributed by atoms with Gasteiger partial charge < -0.3 is 0 Å². The number of hydrogen-bond donors (Lipinski definition) is 0. The van der Waals surface area contributed by atoms with Gasteiger partial charge in [0.15, 0.2) is 0 Å². The Hall–Kier alpha value is -0.635. The third-order valence-electron chi connectivity index (χ3n) is 3.77. The third-order valence-corrected chi connectivity index (χ3v) is 3.77. The van der Waals surface area contributed by atoms with Crippen LogP contribution >= 0.6 is 0 Å². The molecule has 2 rings (SSSR count). The molecule has 0 aromatic carbocycles. The summed E-state index contributed by atoms with van der Waals surface area (Å²) >= 11 is 0. The van der Waals surface area contributed by atoms with Crippen LogP contribution in [0.2, 0.25) is 11.6 Å². The van der Waals surface area contributed by atoms with Crippen LogP contribution in [0.15, 0.2) is 12.2 Å². The van der Waals surface area contributed by atoms with Gasteiger partial charge in [0, 0.05) is 0 Å². The molecule has 2 saturated heterocycles. The molecule has 0 N–H and O–H groups in total. The largest absolute Gasteiger partial charge is 0.238 e. The number of rotatable bonds is 0. The lowest BCUT2D eigenvalue weighted by molar-refractivity contribution is 0.448. The van der Waals surface area contributed by atoms with Crippen molar-refractivity contribution in [1.29, 1.82) is 0 Å². The standard InChI is InChI=1S/C13H19B/c1-11(2)9-10-14-12-5-3-6-13(14)8-4-7-12/h12-13H,1,3-8H2,2H3. The van der Waals surface area contributed by atoms with Gasteiger partial charge in [0.2, 0.25) is 6.71 Å². The Morgan fingerprint density at radius 3 is 2.07 bits per heavy atom. The lowest BCUT2D eigenvalue weighted by atomic mass is 9.28. The molecule has 0 radical (unpaired) electrons. The van der Waals surface area contributed by atoms with Crippen LogP contribution in [0, 0.1) is 11.7 Å². The molecule has 1 heteroatoms. The summed E-state index contributed by atoms with van der Waals surface area (Å²) in [6.45, 7) is 6.57. The maximum Gasteiger partial charge on any atom is 0.238 e. The molecule has 0 aromatic heterocycles. The Bertz CT molecular complexity index is 259. The fourth-order valence-corrected chi connectivity index (χ4v) is 3.12. The maximum absolute atomic E-state index is 3.86. The monoisotopic (exact) mass is 186 g/mol. The van der Waals surface area contributed by atoms with Crippen molar-refractivity contribution in [3.8, 4) is 11.7 Å². The molecular weight excluding hydrogens is 167 g/mol. The van der Waals surface area contributed by atoms with Crippen molar-refractivity contribution >= 4 is 6.71 Å². The van der Waals surface area contributed by atoms with Crippen LogP contribution in [0.1, 0.15) is 45.4 Å². The quantitative estimate of drug-likeness (QED) is 0.399. The Morgan fingerprint density at radius 1 is 1.14 bits per heavy atom. The minimum Gasteiger partial charge on any atom is -0.150 e. The Morgan fingerprint density at radius 2 is 1.64 bits per heavy atom. The molecule has 2 heterocycles. The van der Waals surface area contributed by atoms with Crippen LogP contribution in [-0.4, -0.2) is 6.71 Å². The van der Waals surface area contributed by atoms with E-state index in [1.54, 1.807) is 0 Å². The van der Waals surface area contributed by atoms with Gasteiger partial charge in [-0.25, -0.2) is 0 Å². The lowest BCUT2D eigenvalue weighted by Gasteiger charge is -2.37. The zero-order valence-corrected chi connectivity index (χ0v) is 9.18. The summed E-state index contributed by atoms with van der Waals surface area (Å²) in [5, 5.41) is 0. The van der Waals surface area contributed by atoms with E-state index in [4.69, 9.17) is 0 Å². The predicted molar refractivity (Wildman–Crippen MR) is 63.5 cm³/mol. The second-order valence-electron chi connectivity index (χ2n) is 4.96. The van der Waals surface area contributed by atoms with Crippen molar-refractivity contribution in [3.05, 3.63) is 12.2 Å². The summed E-state index contributed by atoms with van der Waals surface area (Å²) in [6, 6.07) is 0. The van der Waals surface area contributed by atoms with Crippen LogP contribution in [0.3, 0.4) is 0 Å². The van der Waals surface area contributed by atoms with Crippen LogP contribution < -0.4 is 0 Å². The highest BCUT2D eigenvalue weighted by atomic mass is 14.2. The first-order chi connectivity index (χ1) is 6.77. The summed E-state index contributed by atoms with van der Waals surface area (Å²) in [7, 11) is 0. The first-order valence-corrected chi connectivity index (χ1v) is 5.94. The van der Waals surface area contributed by atoms with Gasteiger partial charge in [-0.1, -0.05) is 51.0 Å². The van der Waals surface area contributed by atoms with Gasteiger partial charge >= 0.3 is 0 Å². The molecule has 0 spiro atoms. The van der Waals surface area contributed by atoms with E-state index in [0.717, 1.165) is 17.2 Å². The van der Waals surface area contributed by atoms with E-state index in [9.17, 15) is 0 Å². The molecule has 74 valence electrons. The minimum absolute atomic E-state index is 0.703. The van der Waals surface area contributed by atoms with E-state index < -0.39 is 0 Å². The first kappa shape index (κ1) is 9.90. The molecule has 0 aromatic rings. The maximum atomic E-state index is 3.86. The SMILES string of the molecule is C=C(C)C#CB1C2CCCC1CCC2. The highest BCUT2D eigenvalue weighted by Crippen LogP contribution is 2.45. The molecule has 2 bridgehead atoms. The van der Waals surface area contributed by atoms with Crippen LogP contribution in [-0.2, 0) is 0 Å². The number of allylic oxidation sites excluding steroid dienone is 1. The van der Waals surface area contributed by atoms with Crippen molar-refractivity contribution < 1.29 is 0 Å². The zero-order valence-electron chi connectivity index (χ0n) is 9.18. The smallest absolute Gasteiger partial charge is 0.150 e. The molecule has 2 aliphatic heterocycles. The summed E-state index contributed by atoms with van der Waals surface area (Å²) in [5.41, 5.74) is 1.02. The highest BCUT2D eigenvalue weighted by molar-refractivity contribution is 6.71. The van der Waals surface area contributed by atoms with Crippen molar-refractivity contribution in [1.82, 2.24) is 0 Å². The zero-order chi connectivity index (χ0) is 9.97. The van der Waals surface area contributed by atoms with Gasteiger partial charge in [0.1, 0.15) is 0 Å². The van der Waals surface area contributed by atoms with Gasteiger partial charge in [0.05, 0.1) is 0 Å². The van der Waals surface area contributed by atoms with Gasteiger partial charge in [-0.2, -0.15) is 0 Å². The third kappa shape index (κ3) is 2.06. The van der Waals surface area contributed by atoms with Crippen molar-refractivity contribution in [3.63, 3.8) is 0 Å². The summed E-state index contributed by atoms with van der Waals surface area (Å²) in [6.07, 6.45) is 8.58. The lowest BCUT2D eigenvalue weighted by Crippen LogP contribution is -2.33. The average Bonchev–Trinajstić information content (AvgIpc) is 2.13. The normalized spacial score (nSPS) is 30.5. The topological polar surface area (TPSA) is 0 Å². The molecule has 0 saturated carbocycles. The fraction of sp³-hybridized carbons (Fsp3) is 0.692. The average molecular weight is 186 g/mol. The Kier molecular flexibility index (Phi) is 3.01. The Labute approximate surface area is 88.2 Å². The van der Waals surface area contributed by atoms with Gasteiger partial charge in [-0.05, 0) is 24.1 Å². The van der Waals surface area contributed by atoms with Crippen LogP contribution in [0.4, 0.5) is 0 Å². The molecule has 2 fully saturated rings. The molecule has 0 unspecified atom stereocenters. The van der Waals surface area contributed by atoms with Gasteiger partial charge in [-0.15, -0.1) is 5.82 Å². The summed E-state index contributed by atoms with van der Waals surface area (Å²) in [5.74, 6) is 8.50. The second kappa shape index (κ2) is 4.26. The van der Waals surface area contributed by atoms with Crippen LogP contribution in [0.25, 0.3) is 0 Å². The minimum atomic E-state index is 0.703. The molecule has 0 amide bonds. The van der Waals surface area contributed by atoms with Crippen molar-refractivity contribution in [2.24, 2.45) is 0 Å². The summed E-state index contributed by atoms with van der Waals surface area (Å²) in [4.78, 5) is 0. The van der Waals surface area contributed by atoms with E-state index >= 15 is 0 Å². The van der Waals surface area contributed by atoms with E-state index in [0.29, 0.717) is 6.71 Å². The van der Waals surface area contributed by atoms with Crippen molar-refractivity contribution in [2.45, 2.75) is 57.1 Å². The first-order valence-electron chi connectivity index (χ1n) is 5.94. The molecule has 14 heavy (non-hydrogen) atoms. The number of fused-ring (bicyclic) bond motifs is 2. The Balaban J connectivity index is 2.09. The molecule has 0 atom stereocenters. The van der Waals surface area contributed by atoms with Crippen LogP contribution in [0.5, 0.6) is 0 Å². The van der Waals surface area contributed by atoms with Gasteiger partial charge in [0.25, 0.3) is 0 Å². The summed E-state index contributed by atoms with van der Waals surface area (Å²) < 4.78 is 0. The second-order valence-corrected chi connectivity index (χ2v) is 4.96. The van der Waals surface area contributed by atoms with Gasteiger partial charge in [-0.3, -0.25) is 0 Å². The van der Waals surface area contributed by atoms with E-state index in [2.05, 4.69) is 18.3 Å². The van der Waals surface area contributed by atoms with E-state index in [1.807, 2.05) is 6.92 Å². The van der Waals surface area contributed by atoms with Crippen molar-refractivity contribution in [2.75, 3.05) is 0 Å². The van der Waals surface area contributed by atoms with E-state index in [-0.39, 0.29) is 0 Å². The number of hydrogen-bond acceptors (Lipinski definition) is 0. The molecule has 0 aliphatic carbocycles.